The number of fused-ring (bicyclic) bond motifs is 3. The Morgan fingerprint density at radius 1 is 1.38 bits per heavy atom. The number of nitrogens with one attached hydrogen (secondary N) is 2. The predicted molar refractivity (Wildman–Crippen MR) is 130 cm³/mol. The van der Waals surface area contributed by atoms with Gasteiger partial charge in [0.25, 0.3) is 0 Å². The van der Waals surface area contributed by atoms with Gasteiger partial charge in [0.05, 0.1) is 18.7 Å². The highest BCUT2D eigenvalue weighted by molar-refractivity contribution is 8.14. The van der Waals surface area contributed by atoms with E-state index in [2.05, 4.69) is 33.2 Å². The van der Waals surface area contributed by atoms with E-state index in [0.29, 0.717) is 35.9 Å². The van der Waals surface area contributed by atoms with E-state index in [1.54, 1.807) is 13.0 Å². The van der Waals surface area contributed by atoms with Crippen LogP contribution >= 0.6 is 24.4 Å². The molecule has 10 heteroatoms. The molecule has 3 atom stereocenters. The van der Waals surface area contributed by atoms with Crippen LogP contribution in [0.15, 0.2) is 33.9 Å². The molecule has 0 radical (unpaired) electrons. The number of allylic oxidation sites excluding steroid dienone is 2. The topological polar surface area (TPSA) is 109 Å². The van der Waals surface area contributed by atoms with Gasteiger partial charge in [-0.25, -0.2) is 4.79 Å². The largest absolute Gasteiger partial charge is 0.456 e. The smallest absolute Gasteiger partial charge is 0.329 e. The van der Waals surface area contributed by atoms with Crippen LogP contribution in [0, 0.1) is 5.92 Å². The summed E-state index contributed by atoms with van der Waals surface area (Å²) in [5.74, 6) is -0.242. The van der Waals surface area contributed by atoms with Crippen LogP contribution in [0.25, 0.3) is 0 Å². The van der Waals surface area contributed by atoms with Crippen molar-refractivity contribution in [1.82, 2.24) is 10.6 Å². The molecule has 8 nitrogen and oxygen atoms in total. The van der Waals surface area contributed by atoms with Crippen LogP contribution < -0.4 is 10.6 Å². The highest BCUT2D eigenvalue weighted by Gasteiger charge is 2.42. The van der Waals surface area contributed by atoms with Crippen LogP contribution in [0.1, 0.15) is 40.0 Å². The maximum Gasteiger partial charge on any atom is 0.329 e. The first kappa shape index (κ1) is 24.6. The number of amides is 2. The number of rotatable bonds is 4. The van der Waals surface area contributed by atoms with Crippen molar-refractivity contribution < 1.29 is 19.1 Å². The van der Waals surface area contributed by atoms with Gasteiger partial charge in [-0.05, 0) is 31.1 Å². The summed E-state index contributed by atoms with van der Waals surface area (Å²) >= 11 is 5.65. The Bertz CT molecular complexity index is 896. The lowest BCUT2D eigenvalue weighted by Crippen LogP contribution is -2.53. The molecule has 2 N–H and O–H groups in total. The lowest BCUT2D eigenvalue weighted by atomic mass is 10.0. The molecule has 3 heterocycles. The fraction of sp³-hybridized carbons (Fsp3) is 0.591. The Hall–Kier alpha value is -2.07. The first-order chi connectivity index (χ1) is 15.2. The summed E-state index contributed by atoms with van der Waals surface area (Å²) in [5, 5.41) is 6.39. The maximum absolute atomic E-state index is 13.1. The number of carbonyl (C=O) groups excluding carboxylic acids is 3. The highest BCUT2D eigenvalue weighted by atomic mass is 32.2. The Morgan fingerprint density at radius 3 is 2.88 bits per heavy atom. The van der Waals surface area contributed by atoms with Crippen molar-refractivity contribution in [1.29, 1.82) is 0 Å². The summed E-state index contributed by atoms with van der Waals surface area (Å²) in [5.41, 5.74) is 0.556. The van der Waals surface area contributed by atoms with Gasteiger partial charge in [0, 0.05) is 17.9 Å². The third-order valence-corrected chi connectivity index (χ3v) is 6.89. The molecule has 0 aromatic rings. The number of esters is 1. The van der Waals surface area contributed by atoms with Gasteiger partial charge in [-0.2, -0.15) is 12.6 Å². The fourth-order valence-corrected chi connectivity index (χ4v) is 4.72. The summed E-state index contributed by atoms with van der Waals surface area (Å²) in [4.78, 5) is 47.8. The number of hydrogen-bond acceptors (Lipinski definition) is 8. The molecule has 0 fully saturated rings. The van der Waals surface area contributed by atoms with E-state index in [4.69, 9.17) is 4.74 Å². The molecule has 3 rings (SSSR count). The van der Waals surface area contributed by atoms with Gasteiger partial charge in [0.15, 0.2) is 0 Å². The van der Waals surface area contributed by atoms with E-state index in [0.717, 1.165) is 11.4 Å². The minimum absolute atomic E-state index is 0.0125. The monoisotopic (exact) mass is 478 g/mol. The Balaban J connectivity index is 1.89. The standard InChI is InChI=1S/C22H30N4O4S2/c1-13(2)18-20(28)30-15(6-4-5-9-31)10-17(27)23-11-14-7-8-16(24-14)19-26-22(3,12-32-19)21(29)25-18/h4,6,8,13,15,18,31H,5,7,9-12H2,1-3H3,(H,23,27)(H,25,29)/b6-4+. The van der Waals surface area contributed by atoms with Gasteiger partial charge in [-0.1, -0.05) is 26.0 Å². The van der Waals surface area contributed by atoms with Crippen molar-refractivity contribution >= 4 is 52.9 Å². The van der Waals surface area contributed by atoms with Crippen molar-refractivity contribution in [3.05, 3.63) is 23.9 Å². The van der Waals surface area contributed by atoms with Gasteiger partial charge in [-0.15, -0.1) is 11.8 Å². The summed E-state index contributed by atoms with van der Waals surface area (Å²) in [6.45, 7) is 5.74. The summed E-state index contributed by atoms with van der Waals surface area (Å²) in [7, 11) is 0. The molecule has 0 saturated heterocycles. The second-order valence-corrected chi connectivity index (χ2v) is 9.95. The van der Waals surface area contributed by atoms with Crippen LogP contribution in [-0.2, 0) is 19.1 Å². The van der Waals surface area contributed by atoms with Gasteiger partial charge < -0.3 is 15.4 Å². The Morgan fingerprint density at radius 2 is 2.16 bits per heavy atom. The Labute approximate surface area is 198 Å². The van der Waals surface area contributed by atoms with Crippen LogP contribution in [0.4, 0.5) is 0 Å². The summed E-state index contributed by atoms with van der Waals surface area (Å²) in [6, 6.07) is -0.851. The molecule has 0 saturated carbocycles. The molecule has 174 valence electrons. The third-order valence-electron chi connectivity index (χ3n) is 5.35. The van der Waals surface area contributed by atoms with Crippen molar-refractivity contribution in [2.45, 2.75) is 57.7 Å². The second kappa shape index (κ2) is 10.7. The fourth-order valence-electron chi connectivity index (χ4n) is 3.41. The van der Waals surface area contributed by atoms with Crippen LogP contribution in [0.2, 0.25) is 0 Å². The van der Waals surface area contributed by atoms with Crippen LogP contribution in [0.3, 0.4) is 0 Å². The lowest BCUT2D eigenvalue weighted by molar-refractivity contribution is -0.153. The molecule has 3 unspecified atom stereocenters. The number of nitrogens with zero attached hydrogens (tertiary/aromatic N) is 2. The number of thioether (sulfide) groups is 1. The molecule has 3 aliphatic rings. The van der Waals surface area contributed by atoms with Crippen molar-refractivity contribution in [3.63, 3.8) is 0 Å². The molecular weight excluding hydrogens is 448 g/mol. The molecule has 4 bridgehead atoms. The van der Waals surface area contributed by atoms with Gasteiger partial charge >= 0.3 is 5.97 Å². The molecule has 2 amide bonds. The molecule has 0 aliphatic carbocycles. The molecule has 0 aromatic heterocycles. The SMILES string of the molecule is CC(C)C1NC(=O)C2(C)CSC(=N2)C2=CCC(=N2)CNC(=O)CC(/C=C/CCS)OC1=O. The van der Waals surface area contributed by atoms with Crippen LogP contribution in [0.5, 0.6) is 0 Å². The maximum atomic E-state index is 13.1. The van der Waals surface area contributed by atoms with E-state index >= 15 is 0 Å². The zero-order chi connectivity index (χ0) is 23.3. The van der Waals surface area contributed by atoms with E-state index in [1.165, 1.54) is 11.8 Å². The van der Waals surface area contributed by atoms with Gasteiger partial charge in [0.2, 0.25) is 11.8 Å². The lowest BCUT2D eigenvalue weighted by Gasteiger charge is -2.27. The average Bonchev–Trinajstić information content (AvgIpc) is 3.37. The van der Waals surface area contributed by atoms with Gasteiger partial charge in [-0.3, -0.25) is 19.6 Å². The normalized spacial score (nSPS) is 29.4. The summed E-state index contributed by atoms with van der Waals surface area (Å²) < 4.78 is 5.66. The number of carbonyl (C=O) groups is 3. The van der Waals surface area contributed by atoms with Crippen molar-refractivity contribution in [3.8, 4) is 0 Å². The zero-order valence-electron chi connectivity index (χ0n) is 18.6. The molecular formula is C22H30N4O4S2. The Kier molecular flexibility index (Phi) is 8.21. The number of hydrogen-bond donors (Lipinski definition) is 3. The third kappa shape index (κ3) is 6.04. The predicted octanol–water partition coefficient (Wildman–Crippen LogP) is 2.07. The van der Waals surface area contributed by atoms with Crippen molar-refractivity contribution in [2.24, 2.45) is 15.9 Å². The molecule has 3 aliphatic heterocycles. The van der Waals surface area contributed by atoms with E-state index in [-0.39, 0.29) is 24.2 Å². The average molecular weight is 479 g/mol. The second-order valence-electron chi connectivity index (χ2n) is 8.54. The minimum atomic E-state index is -0.996. The van der Waals surface area contributed by atoms with E-state index < -0.39 is 23.7 Å². The highest BCUT2D eigenvalue weighted by Crippen LogP contribution is 2.33. The molecule has 0 aromatic carbocycles. The van der Waals surface area contributed by atoms with E-state index in [9.17, 15) is 14.4 Å². The van der Waals surface area contributed by atoms with E-state index in [1.807, 2.05) is 26.0 Å². The number of ether oxygens (including phenoxy) is 1. The zero-order valence-corrected chi connectivity index (χ0v) is 20.3. The first-order valence-corrected chi connectivity index (χ1v) is 12.4. The minimum Gasteiger partial charge on any atom is -0.456 e. The van der Waals surface area contributed by atoms with Crippen molar-refractivity contribution in [2.75, 3.05) is 18.1 Å². The molecule has 0 spiro atoms. The van der Waals surface area contributed by atoms with Crippen LogP contribution in [-0.4, -0.2) is 64.3 Å². The number of thiol groups is 1. The quantitative estimate of drug-likeness (QED) is 0.326. The number of cyclic esters (lactones) is 1. The summed E-state index contributed by atoms with van der Waals surface area (Å²) in [6.07, 6.45) is 6.05. The van der Waals surface area contributed by atoms with Gasteiger partial charge in [0.1, 0.15) is 22.7 Å². The first-order valence-electron chi connectivity index (χ1n) is 10.8. The molecule has 32 heavy (non-hydrogen) atoms. The number of aliphatic imine (C=N–C) groups is 2.